The first kappa shape index (κ1) is 14.8. The molecule has 0 aromatic carbocycles. The van der Waals surface area contributed by atoms with Gasteiger partial charge in [-0.1, -0.05) is 48.6 Å². The van der Waals surface area contributed by atoms with Crippen molar-refractivity contribution in [2.45, 2.75) is 25.7 Å². The Labute approximate surface area is 161 Å². The Morgan fingerprint density at radius 2 is 1.00 bits per heavy atom. The number of rotatable bonds is 0. The Morgan fingerprint density at radius 3 is 1.43 bits per heavy atom. The van der Waals surface area contributed by atoms with Crippen LogP contribution < -0.4 is 0 Å². The van der Waals surface area contributed by atoms with Crippen molar-refractivity contribution >= 4 is 37.7 Å². The van der Waals surface area contributed by atoms with Crippen molar-refractivity contribution in [1.29, 1.82) is 0 Å². The van der Waals surface area contributed by atoms with Gasteiger partial charge in [0.15, 0.2) is 0 Å². The average molecular weight is 307 g/mol. The first-order valence-electron chi connectivity index (χ1n) is 8.60. The van der Waals surface area contributed by atoms with E-state index < -0.39 is 0 Å². The fourth-order valence-electron chi connectivity index (χ4n) is 5.95. The molecular formula is C20H26Ca. The summed E-state index contributed by atoms with van der Waals surface area (Å²) in [6.45, 7) is 0. The molecule has 0 spiro atoms. The van der Waals surface area contributed by atoms with Crippen LogP contribution >= 0.6 is 0 Å². The van der Waals surface area contributed by atoms with E-state index in [1.54, 1.807) is 0 Å². The monoisotopic (exact) mass is 306 g/mol. The van der Waals surface area contributed by atoms with Crippen molar-refractivity contribution in [3.05, 3.63) is 48.6 Å². The van der Waals surface area contributed by atoms with Gasteiger partial charge in [-0.2, -0.15) is 0 Å². The predicted octanol–water partition coefficient (Wildman–Crippen LogP) is 4.61. The summed E-state index contributed by atoms with van der Waals surface area (Å²) in [5.41, 5.74) is 0. The van der Waals surface area contributed by atoms with Crippen LogP contribution in [-0.2, 0) is 0 Å². The maximum atomic E-state index is 2.44. The zero-order valence-corrected chi connectivity index (χ0v) is 15.0. The van der Waals surface area contributed by atoms with E-state index in [1.807, 2.05) is 0 Å². The van der Waals surface area contributed by atoms with Crippen LogP contribution in [0.15, 0.2) is 48.6 Å². The molecule has 6 rings (SSSR count). The van der Waals surface area contributed by atoms with Crippen LogP contribution in [-0.4, -0.2) is 37.7 Å². The Hall–Kier alpha value is 0.220. The smallest absolute Gasteiger partial charge is 1.00 e. The fraction of sp³-hybridized carbons (Fsp3) is 0.600. The van der Waals surface area contributed by atoms with Gasteiger partial charge < -0.3 is 2.85 Å². The third kappa shape index (κ3) is 2.28. The molecule has 0 radical (unpaired) electrons. The van der Waals surface area contributed by atoms with E-state index in [0.717, 1.165) is 47.3 Å². The normalized spacial score (nSPS) is 51.8. The third-order valence-corrected chi connectivity index (χ3v) is 6.91. The van der Waals surface area contributed by atoms with E-state index in [1.165, 1.54) is 25.7 Å². The van der Waals surface area contributed by atoms with Crippen LogP contribution in [0.1, 0.15) is 28.5 Å². The van der Waals surface area contributed by atoms with E-state index >= 15 is 0 Å². The van der Waals surface area contributed by atoms with Crippen LogP contribution in [0.2, 0.25) is 0 Å². The van der Waals surface area contributed by atoms with Gasteiger partial charge in [-0.3, -0.25) is 0 Å². The van der Waals surface area contributed by atoms with Crippen LogP contribution in [0.3, 0.4) is 0 Å². The molecular weight excluding hydrogens is 280 g/mol. The largest absolute Gasteiger partial charge is 2.00 e. The van der Waals surface area contributed by atoms with Gasteiger partial charge >= 0.3 is 37.7 Å². The third-order valence-electron chi connectivity index (χ3n) is 6.91. The van der Waals surface area contributed by atoms with E-state index in [-0.39, 0.29) is 40.6 Å². The zero-order chi connectivity index (χ0) is 13.1. The van der Waals surface area contributed by atoms with Gasteiger partial charge in [-0.25, -0.2) is 0 Å². The summed E-state index contributed by atoms with van der Waals surface area (Å²) in [6.07, 6.45) is 25.0. The van der Waals surface area contributed by atoms with Gasteiger partial charge in [-0.05, 0) is 73.0 Å². The van der Waals surface area contributed by atoms with Crippen molar-refractivity contribution in [3.8, 4) is 0 Å². The van der Waals surface area contributed by atoms with Crippen molar-refractivity contribution < 1.29 is 2.85 Å². The molecule has 4 bridgehead atoms. The Morgan fingerprint density at radius 1 is 0.571 bits per heavy atom. The minimum Gasteiger partial charge on any atom is -1.00 e. The molecule has 21 heavy (non-hydrogen) atoms. The van der Waals surface area contributed by atoms with Gasteiger partial charge in [0, 0.05) is 0 Å². The summed E-state index contributed by atoms with van der Waals surface area (Å²) in [5, 5.41) is 0. The summed E-state index contributed by atoms with van der Waals surface area (Å²) in [6, 6.07) is 0. The molecule has 0 aromatic heterocycles. The van der Waals surface area contributed by atoms with E-state index in [9.17, 15) is 0 Å². The Bertz CT molecular complexity index is 488. The maximum Gasteiger partial charge on any atom is 2.00 e. The molecule has 2 saturated carbocycles. The molecule has 0 aliphatic heterocycles. The van der Waals surface area contributed by atoms with E-state index in [2.05, 4.69) is 48.6 Å². The summed E-state index contributed by atoms with van der Waals surface area (Å²) in [5.74, 6) is 7.65. The van der Waals surface area contributed by atoms with E-state index in [0.29, 0.717) is 0 Å². The predicted molar refractivity (Wildman–Crippen MR) is 90.9 cm³/mol. The summed E-state index contributed by atoms with van der Waals surface area (Å²) in [4.78, 5) is 0. The van der Waals surface area contributed by atoms with Crippen LogP contribution in [0.25, 0.3) is 0 Å². The Kier molecular flexibility index (Phi) is 4.01. The van der Waals surface area contributed by atoms with Gasteiger partial charge in [0.2, 0.25) is 0 Å². The number of fused-ring (bicyclic) bond motifs is 10. The maximum absolute atomic E-state index is 2.44. The minimum absolute atomic E-state index is 0. The first-order valence-corrected chi connectivity index (χ1v) is 8.60. The average Bonchev–Trinajstić information content (AvgIpc) is 3.28. The summed E-state index contributed by atoms with van der Waals surface area (Å²) < 4.78 is 0. The number of allylic oxidation sites excluding steroid dienone is 8. The van der Waals surface area contributed by atoms with E-state index in [4.69, 9.17) is 0 Å². The number of hydrogen-bond donors (Lipinski definition) is 0. The summed E-state index contributed by atoms with van der Waals surface area (Å²) in [7, 11) is 0. The van der Waals surface area contributed by atoms with Gasteiger partial charge in [0.25, 0.3) is 0 Å². The molecule has 8 unspecified atom stereocenters. The topological polar surface area (TPSA) is 0 Å². The second-order valence-corrected chi connectivity index (χ2v) is 7.71. The zero-order valence-electron chi connectivity index (χ0n) is 14.8. The molecule has 6 aliphatic rings. The molecule has 0 saturated heterocycles. The molecule has 8 atom stereocenters. The quantitative estimate of drug-likeness (QED) is 0.453. The Balaban J connectivity index is 0.000000148. The molecule has 0 nitrogen and oxygen atoms in total. The molecule has 0 amide bonds. The molecule has 0 N–H and O–H groups in total. The van der Waals surface area contributed by atoms with Gasteiger partial charge in [0.1, 0.15) is 0 Å². The minimum atomic E-state index is 0. The fourth-order valence-corrected chi connectivity index (χ4v) is 5.95. The SMILES string of the molecule is C1=CC2C3C=CC(C3)C2C1.C1=CC2C3C=CC(C3)C2C1.[Ca+2].[H-].[H-]. The van der Waals surface area contributed by atoms with Gasteiger partial charge in [-0.15, -0.1) is 0 Å². The number of hydrogen-bond acceptors (Lipinski definition) is 0. The molecule has 1 heteroatoms. The standard InChI is InChI=1S/2C10H12.Ca.2H/c2*1-2-9-7-4-5-8(6-7)10(9)3-1;;;/h2*1-2,4-5,7-10H,3,6H2;;;/q;;+2;2*-1. The second kappa shape index (κ2) is 5.69. The molecule has 6 aliphatic carbocycles. The van der Waals surface area contributed by atoms with Crippen LogP contribution in [0, 0.1) is 47.3 Å². The van der Waals surface area contributed by atoms with Crippen molar-refractivity contribution in [1.82, 2.24) is 0 Å². The van der Waals surface area contributed by atoms with Crippen LogP contribution in [0.4, 0.5) is 0 Å². The van der Waals surface area contributed by atoms with Crippen molar-refractivity contribution in [2.24, 2.45) is 47.3 Å². The van der Waals surface area contributed by atoms with Crippen molar-refractivity contribution in [3.63, 3.8) is 0 Å². The van der Waals surface area contributed by atoms with Crippen molar-refractivity contribution in [2.75, 3.05) is 0 Å². The molecule has 0 heterocycles. The molecule has 108 valence electrons. The summed E-state index contributed by atoms with van der Waals surface area (Å²) >= 11 is 0. The molecule has 0 aromatic rings. The van der Waals surface area contributed by atoms with Gasteiger partial charge in [0.05, 0.1) is 0 Å². The first-order chi connectivity index (χ1) is 9.90. The molecule has 2 fully saturated rings. The second-order valence-electron chi connectivity index (χ2n) is 7.71. The van der Waals surface area contributed by atoms with Crippen LogP contribution in [0.5, 0.6) is 0 Å².